The molecule has 0 aromatic heterocycles. The third-order valence-electron chi connectivity index (χ3n) is 2.08. The lowest BCUT2D eigenvalue weighted by molar-refractivity contribution is 0.0956. The molecule has 94 valence electrons. The van der Waals surface area contributed by atoms with Gasteiger partial charge in [-0.3, -0.25) is 9.52 Å². The summed E-state index contributed by atoms with van der Waals surface area (Å²) in [6, 6.07) is 4.63. The van der Waals surface area contributed by atoms with Crippen molar-refractivity contribution in [1.82, 2.24) is 5.32 Å². The lowest BCUT2D eigenvalue weighted by Crippen LogP contribution is -2.24. The molecule has 0 radical (unpaired) electrons. The molecule has 4 N–H and O–H groups in total. The number of anilines is 1. The minimum atomic E-state index is -3.79. The van der Waals surface area contributed by atoms with Gasteiger partial charge in [-0.2, -0.15) is 8.42 Å². The molecule has 7 heteroatoms. The van der Waals surface area contributed by atoms with Crippen molar-refractivity contribution >= 4 is 21.8 Å². The second-order valence-corrected chi connectivity index (χ2v) is 4.83. The number of amides is 1. The maximum atomic E-state index is 11.5. The number of carbonyl (C=O) groups is 1. The van der Waals surface area contributed by atoms with Crippen molar-refractivity contribution in [2.75, 3.05) is 11.3 Å². The average molecular weight is 257 g/mol. The van der Waals surface area contributed by atoms with Crippen LogP contribution in [0.1, 0.15) is 22.8 Å². The van der Waals surface area contributed by atoms with E-state index in [2.05, 4.69) is 10.0 Å². The van der Waals surface area contributed by atoms with E-state index in [1.807, 2.05) is 6.92 Å². The first-order valence-corrected chi connectivity index (χ1v) is 6.57. The largest absolute Gasteiger partial charge is 0.352 e. The Kier molecular flexibility index (Phi) is 4.08. The Bertz CT molecular complexity index is 526. The van der Waals surface area contributed by atoms with Crippen molar-refractivity contribution in [3.05, 3.63) is 29.3 Å². The Morgan fingerprint density at radius 3 is 2.53 bits per heavy atom. The predicted octanol–water partition coefficient (Wildman–Crippen LogP) is 0.360. The molecule has 0 heterocycles. The molecule has 1 aromatic rings. The average Bonchev–Trinajstić information content (AvgIpc) is 2.19. The van der Waals surface area contributed by atoms with E-state index in [1.54, 1.807) is 13.0 Å². The van der Waals surface area contributed by atoms with Crippen LogP contribution in [0.4, 0.5) is 5.69 Å². The zero-order chi connectivity index (χ0) is 13.1. The van der Waals surface area contributed by atoms with Crippen LogP contribution in [-0.4, -0.2) is 20.9 Å². The van der Waals surface area contributed by atoms with E-state index in [9.17, 15) is 13.2 Å². The molecule has 1 amide bonds. The Morgan fingerprint density at radius 1 is 1.41 bits per heavy atom. The Balaban J connectivity index is 2.98. The second-order valence-electron chi connectivity index (χ2n) is 3.54. The topological polar surface area (TPSA) is 101 Å². The van der Waals surface area contributed by atoms with E-state index in [1.165, 1.54) is 12.1 Å². The first-order chi connectivity index (χ1) is 7.83. The molecular weight excluding hydrogens is 242 g/mol. The van der Waals surface area contributed by atoms with E-state index >= 15 is 0 Å². The van der Waals surface area contributed by atoms with Gasteiger partial charge in [-0.05, 0) is 37.6 Å². The zero-order valence-electron chi connectivity index (χ0n) is 9.65. The third-order valence-corrected chi connectivity index (χ3v) is 2.58. The standard InChI is InChI=1S/C10H15N3O3S/c1-3-12-10(14)8-4-5-9(7(2)6-8)13-17(11,15)16/h4-6,13H,3H2,1-2H3,(H,12,14)(H2,11,15,16). The van der Waals surface area contributed by atoms with Gasteiger partial charge < -0.3 is 5.32 Å². The maximum Gasteiger partial charge on any atom is 0.296 e. The molecule has 1 aromatic carbocycles. The van der Waals surface area contributed by atoms with Crippen LogP contribution in [0.5, 0.6) is 0 Å². The molecule has 0 bridgehead atoms. The van der Waals surface area contributed by atoms with Crippen LogP contribution in [0, 0.1) is 6.92 Å². The highest BCUT2D eigenvalue weighted by Gasteiger charge is 2.09. The van der Waals surface area contributed by atoms with Crippen LogP contribution in [0.3, 0.4) is 0 Å². The molecule has 0 saturated heterocycles. The Morgan fingerprint density at radius 2 is 2.06 bits per heavy atom. The second kappa shape index (κ2) is 5.15. The summed E-state index contributed by atoms with van der Waals surface area (Å²) in [5.74, 6) is -0.197. The molecule has 0 aliphatic rings. The van der Waals surface area contributed by atoms with Crippen molar-refractivity contribution in [2.45, 2.75) is 13.8 Å². The van der Waals surface area contributed by atoms with Crippen molar-refractivity contribution in [1.29, 1.82) is 0 Å². The van der Waals surface area contributed by atoms with Crippen LogP contribution in [0.15, 0.2) is 18.2 Å². The fourth-order valence-corrected chi connectivity index (χ4v) is 1.87. The van der Waals surface area contributed by atoms with E-state index in [0.717, 1.165) is 0 Å². The number of nitrogens with one attached hydrogen (secondary N) is 2. The highest BCUT2D eigenvalue weighted by Crippen LogP contribution is 2.17. The van der Waals surface area contributed by atoms with Gasteiger partial charge in [0.1, 0.15) is 0 Å². The van der Waals surface area contributed by atoms with Crippen molar-refractivity contribution in [3.63, 3.8) is 0 Å². The quantitative estimate of drug-likeness (QED) is 0.725. The summed E-state index contributed by atoms with van der Waals surface area (Å²) in [5, 5.41) is 7.52. The molecule has 17 heavy (non-hydrogen) atoms. The van der Waals surface area contributed by atoms with E-state index < -0.39 is 10.2 Å². The van der Waals surface area contributed by atoms with Crippen LogP contribution >= 0.6 is 0 Å². The van der Waals surface area contributed by atoms with E-state index in [-0.39, 0.29) is 5.91 Å². The van der Waals surface area contributed by atoms with E-state index in [0.29, 0.717) is 23.4 Å². The molecule has 0 atom stereocenters. The molecule has 0 aliphatic heterocycles. The number of aryl methyl sites for hydroxylation is 1. The van der Waals surface area contributed by atoms with Gasteiger partial charge in [0, 0.05) is 12.1 Å². The van der Waals surface area contributed by atoms with Gasteiger partial charge in [0.25, 0.3) is 16.1 Å². The van der Waals surface area contributed by atoms with Crippen molar-refractivity contribution in [2.24, 2.45) is 5.14 Å². The van der Waals surface area contributed by atoms with Gasteiger partial charge in [-0.1, -0.05) is 0 Å². The van der Waals surface area contributed by atoms with Gasteiger partial charge in [-0.25, -0.2) is 5.14 Å². The smallest absolute Gasteiger partial charge is 0.296 e. The first-order valence-electron chi connectivity index (χ1n) is 5.03. The van der Waals surface area contributed by atoms with Crippen LogP contribution in [-0.2, 0) is 10.2 Å². The lowest BCUT2D eigenvalue weighted by atomic mass is 10.1. The molecule has 0 unspecified atom stereocenters. The summed E-state index contributed by atoms with van der Waals surface area (Å²) in [5.41, 5.74) is 1.47. The highest BCUT2D eigenvalue weighted by atomic mass is 32.2. The van der Waals surface area contributed by atoms with Crippen molar-refractivity contribution < 1.29 is 13.2 Å². The summed E-state index contributed by atoms with van der Waals surface area (Å²) in [6.07, 6.45) is 0. The van der Waals surface area contributed by atoms with Gasteiger partial charge >= 0.3 is 0 Å². The molecule has 6 nitrogen and oxygen atoms in total. The van der Waals surface area contributed by atoms with Gasteiger partial charge in [0.05, 0.1) is 5.69 Å². The maximum absolute atomic E-state index is 11.5. The highest BCUT2D eigenvalue weighted by molar-refractivity contribution is 7.90. The Labute approximate surface area is 100 Å². The molecule has 1 rings (SSSR count). The predicted molar refractivity (Wildman–Crippen MR) is 65.9 cm³/mol. The number of nitrogens with two attached hydrogens (primary N) is 1. The lowest BCUT2D eigenvalue weighted by Gasteiger charge is -2.09. The third kappa shape index (κ3) is 4.04. The number of hydrogen-bond acceptors (Lipinski definition) is 3. The molecule has 0 saturated carbocycles. The number of benzene rings is 1. The zero-order valence-corrected chi connectivity index (χ0v) is 10.5. The fourth-order valence-electron chi connectivity index (χ4n) is 1.34. The van der Waals surface area contributed by atoms with E-state index in [4.69, 9.17) is 5.14 Å². The van der Waals surface area contributed by atoms with Crippen LogP contribution < -0.4 is 15.2 Å². The SMILES string of the molecule is CCNC(=O)c1ccc(NS(N)(=O)=O)c(C)c1. The van der Waals surface area contributed by atoms with Crippen LogP contribution in [0.25, 0.3) is 0 Å². The number of carbonyl (C=O) groups excluding carboxylic acids is 1. The summed E-state index contributed by atoms with van der Waals surface area (Å²) in [7, 11) is -3.79. The summed E-state index contributed by atoms with van der Waals surface area (Å²) in [4.78, 5) is 11.5. The fraction of sp³-hybridized carbons (Fsp3) is 0.300. The van der Waals surface area contributed by atoms with Gasteiger partial charge in [-0.15, -0.1) is 0 Å². The van der Waals surface area contributed by atoms with Gasteiger partial charge in [0.15, 0.2) is 0 Å². The van der Waals surface area contributed by atoms with Crippen molar-refractivity contribution in [3.8, 4) is 0 Å². The molecule has 0 aliphatic carbocycles. The first kappa shape index (κ1) is 13.5. The molecular formula is C10H15N3O3S. The molecule has 0 spiro atoms. The minimum Gasteiger partial charge on any atom is -0.352 e. The molecule has 0 fully saturated rings. The monoisotopic (exact) mass is 257 g/mol. The summed E-state index contributed by atoms with van der Waals surface area (Å²) in [6.45, 7) is 4.05. The normalized spacial score (nSPS) is 11.0. The van der Waals surface area contributed by atoms with Crippen LogP contribution in [0.2, 0.25) is 0 Å². The minimum absolute atomic E-state index is 0.197. The Hall–Kier alpha value is -1.60. The number of hydrogen-bond donors (Lipinski definition) is 3. The van der Waals surface area contributed by atoms with Gasteiger partial charge in [0.2, 0.25) is 0 Å². The summed E-state index contributed by atoms with van der Waals surface area (Å²) < 4.78 is 23.9. The summed E-state index contributed by atoms with van der Waals surface area (Å²) >= 11 is 0. The number of rotatable bonds is 4.